The quantitative estimate of drug-likeness (QED) is 0.926. The Kier molecular flexibility index (Phi) is 3.20. The predicted octanol–water partition coefficient (Wildman–Crippen LogP) is 3.70. The molecule has 5 heteroatoms. The molecule has 1 aromatic heterocycles. The maximum Gasteiger partial charge on any atom is 0.135 e. The molecular weight excluding hydrogens is 260 g/mol. The molecule has 0 radical (unpaired) electrons. The van der Waals surface area contributed by atoms with Crippen LogP contribution in [0.5, 0.6) is 0 Å². The number of aryl methyl sites for hydroxylation is 1. The van der Waals surface area contributed by atoms with Crippen LogP contribution in [0.15, 0.2) is 18.2 Å². The molecule has 0 atom stereocenters. The number of imidazole rings is 1. The van der Waals surface area contributed by atoms with Crippen molar-refractivity contribution in [1.82, 2.24) is 9.55 Å². The van der Waals surface area contributed by atoms with E-state index in [0.29, 0.717) is 11.9 Å². The Morgan fingerprint density at radius 3 is 2.50 bits per heavy atom. The highest BCUT2D eigenvalue weighted by Crippen LogP contribution is 2.41. The largest absolute Gasteiger partial charge is 0.383 e. The Hall–Kier alpha value is -1.91. The first-order valence-electron chi connectivity index (χ1n) is 6.94. The van der Waals surface area contributed by atoms with E-state index >= 15 is 0 Å². The number of nitrogen functional groups attached to an aromatic ring is 1. The van der Waals surface area contributed by atoms with Gasteiger partial charge in [-0.15, -0.1) is 0 Å². The molecule has 0 saturated heterocycles. The van der Waals surface area contributed by atoms with Gasteiger partial charge in [-0.1, -0.05) is 13.0 Å². The molecule has 1 saturated carbocycles. The van der Waals surface area contributed by atoms with Crippen LogP contribution in [0, 0.1) is 11.6 Å². The van der Waals surface area contributed by atoms with Crippen molar-refractivity contribution in [3.8, 4) is 11.3 Å². The number of nitrogens with zero attached hydrogens (tertiary/aromatic N) is 2. The van der Waals surface area contributed by atoms with Crippen molar-refractivity contribution in [2.24, 2.45) is 0 Å². The van der Waals surface area contributed by atoms with E-state index < -0.39 is 11.6 Å². The van der Waals surface area contributed by atoms with Crippen LogP contribution in [0.3, 0.4) is 0 Å². The third kappa shape index (κ3) is 2.07. The average Bonchev–Trinajstić information content (AvgIpc) is 3.17. The average molecular weight is 277 g/mol. The molecule has 0 aliphatic heterocycles. The van der Waals surface area contributed by atoms with Gasteiger partial charge in [-0.05, 0) is 31.4 Å². The van der Waals surface area contributed by atoms with Gasteiger partial charge < -0.3 is 10.3 Å². The molecule has 1 fully saturated rings. The Labute approximate surface area is 116 Å². The third-order valence-electron chi connectivity index (χ3n) is 3.61. The van der Waals surface area contributed by atoms with E-state index in [1.54, 1.807) is 0 Å². The normalized spacial score (nSPS) is 14.8. The molecule has 3 rings (SSSR count). The molecule has 2 aromatic rings. The van der Waals surface area contributed by atoms with E-state index in [1.165, 1.54) is 18.2 Å². The Morgan fingerprint density at radius 1 is 1.30 bits per heavy atom. The minimum absolute atomic E-state index is 0.123. The maximum absolute atomic E-state index is 13.9. The van der Waals surface area contributed by atoms with E-state index in [0.717, 1.165) is 31.5 Å². The predicted molar refractivity (Wildman–Crippen MR) is 74.3 cm³/mol. The molecule has 2 N–H and O–H groups in total. The van der Waals surface area contributed by atoms with Crippen LogP contribution < -0.4 is 5.73 Å². The third-order valence-corrected chi connectivity index (χ3v) is 3.61. The lowest BCUT2D eigenvalue weighted by atomic mass is 10.1. The van der Waals surface area contributed by atoms with E-state index in [4.69, 9.17) is 5.73 Å². The van der Waals surface area contributed by atoms with Gasteiger partial charge >= 0.3 is 0 Å². The van der Waals surface area contributed by atoms with E-state index in [2.05, 4.69) is 4.98 Å². The minimum atomic E-state index is -0.625. The summed E-state index contributed by atoms with van der Waals surface area (Å²) in [5.41, 5.74) is 6.22. The van der Waals surface area contributed by atoms with Crippen molar-refractivity contribution >= 4 is 5.82 Å². The molecule has 106 valence electrons. The highest BCUT2D eigenvalue weighted by Gasteiger charge is 2.31. The summed E-state index contributed by atoms with van der Waals surface area (Å²) in [6.07, 6.45) is 3.78. The number of hydrogen-bond acceptors (Lipinski definition) is 2. The maximum atomic E-state index is 13.9. The van der Waals surface area contributed by atoms with Crippen LogP contribution in [-0.2, 0) is 6.42 Å². The van der Waals surface area contributed by atoms with Crippen molar-refractivity contribution in [2.45, 2.75) is 38.6 Å². The van der Waals surface area contributed by atoms with Crippen LogP contribution in [0.4, 0.5) is 14.6 Å². The van der Waals surface area contributed by atoms with Gasteiger partial charge in [-0.2, -0.15) is 0 Å². The Bertz CT molecular complexity index is 625. The highest BCUT2D eigenvalue weighted by atomic mass is 19.1. The van der Waals surface area contributed by atoms with Gasteiger partial charge in [0.05, 0.1) is 5.56 Å². The fourth-order valence-electron chi connectivity index (χ4n) is 2.54. The molecule has 1 aromatic carbocycles. The van der Waals surface area contributed by atoms with Gasteiger partial charge in [-0.25, -0.2) is 13.8 Å². The molecule has 0 amide bonds. The van der Waals surface area contributed by atoms with Gasteiger partial charge in [0, 0.05) is 12.5 Å². The topological polar surface area (TPSA) is 43.8 Å². The summed E-state index contributed by atoms with van der Waals surface area (Å²) < 4.78 is 29.8. The van der Waals surface area contributed by atoms with Crippen molar-refractivity contribution in [3.63, 3.8) is 0 Å². The van der Waals surface area contributed by atoms with Crippen molar-refractivity contribution in [2.75, 3.05) is 5.73 Å². The summed E-state index contributed by atoms with van der Waals surface area (Å²) in [5, 5.41) is 0. The minimum Gasteiger partial charge on any atom is -0.383 e. The molecule has 1 aliphatic carbocycles. The van der Waals surface area contributed by atoms with Gasteiger partial charge in [0.25, 0.3) is 0 Å². The van der Waals surface area contributed by atoms with E-state index in [-0.39, 0.29) is 11.3 Å². The highest BCUT2D eigenvalue weighted by molar-refractivity contribution is 5.72. The van der Waals surface area contributed by atoms with Crippen molar-refractivity contribution in [1.29, 1.82) is 0 Å². The standard InChI is InChI=1S/C15H17F2N3/c1-2-4-12-19-14(15(18)20(12)9-7-8-9)13-10(16)5-3-6-11(13)17/h3,5-6,9H,2,4,7-8,18H2,1H3. The number of halogens is 2. The smallest absolute Gasteiger partial charge is 0.135 e. The molecule has 1 aliphatic rings. The lowest BCUT2D eigenvalue weighted by Gasteiger charge is -2.07. The summed E-state index contributed by atoms with van der Waals surface area (Å²) in [5.74, 6) is -0.0505. The van der Waals surface area contributed by atoms with E-state index in [1.807, 2.05) is 11.5 Å². The lowest BCUT2D eigenvalue weighted by Crippen LogP contribution is -2.05. The second-order valence-electron chi connectivity index (χ2n) is 5.21. The summed E-state index contributed by atoms with van der Waals surface area (Å²) in [4.78, 5) is 4.41. The van der Waals surface area contributed by atoms with Crippen LogP contribution in [0.1, 0.15) is 38.1 Å². The number of rotatable bonds is 4. The Morgan fingerprint density at radius 2 is 1.95 bits per heavy atom. The second-order valence-corrected chi connectivity index (χ2v) is 5.21. The first-order valence-corrected chi connectivity index (χ1v) is 6.94. The molecule has 0 bridgehead atoms. The first kappa shape index (κ1) is 13.1. The van der Waals surface area contributed by atoms with Gasteiger partial charge in [-0.3, -0.25) is 0 Å². The summed E-state index contributed by atoms with van der Waals surface area (Å²) in [6, 6.07) is 4.14. The second kappa shape index (κ2) is 4.89. The number of anilines is 1. The van der Waals surface area contributed by atoms with Crippen molar-refractivity contribution < 1.29 is 8.78 Å². The molecule has 20 heavy (non-hydrogen) atoms. The monoisotopic (exact) mass is 277 g/mol. The molecule has 3 nitrogen and oxygen atoms in total. The molecule has 0 unspecified atom stereocenters. The van der Waals surface area contributed by atoms with Gasteiger partial charge in [0.2, 0.25) is 0 Å². The lowest BCUT2D eigenvalue weighted by molar-refractivity contribution is 0.589. The SMILES string of the molecule is CCCc1nc(-c2c(F)cccc2F)c(N)n1C1CC1. The Balaban J connectivity index is 2.17. The summed E-state index contributed by atoms with van der Waals surface area (Å²) in [6.45, 7) is 2.05. The molecular formula is C15H17F2N3. The number of nitrogens with two attached hydrogens (primary N) is 1. The number of hydrogen-bond donors (Lipinski definition) is 1. The van der Waals surface area contributed by atoms with Gasteiger partial charge in [0.15, 0.2) is 0 Å². The van der Waals surface area contributed by atoms with Gasteiger partial charge in [0.1, 0.15) is 29.0 Å². The zero-order valence-electron chi connectivity index (χ0n) is 11.4. The fourth-order valence-corrected chi connectivity index (χ4v) is 2.54. The summed E-state index contributed by atoms with van der Waals surface area (Å²) in [7, 11) is 0. The number of benzene rings is 1. The van der Waals surface area contributed by atoms with Crippen LogP contribution in [-0.4, -0.2) is 9.55 Å². The number of aromatic nitrogens is 2. The van der Waals surface area contributed by atoms with Crippen molar-refractivity contribution in [3.05, 3.63) is 35.7 Å². The zero-order valence-corrected chi connectivity index (χ0v) is 11.4. The summed E-state index contributed by atoms with van der Waals surface area (Å²) >= 11 is 0. The fraction of sp³-hybridized carbons (Fsp3) is 0.400. The molecule has 0 spiro atoms. The van der Waals surface area contributed by atoms with E-state index in [9.17, 15) is 8.78 Å². The van der Waals surface area contributed by atoms with Crippen LogP contribution in [0.25, 0.3) is 11.3 Å². The van der Waals surface area contributed by atoms with Crippen LogP contribution in [0.2, 0.25) is 0 Å². The molecule has 1 heterocycles. The first-order chi connectivity index (χ1) is 9.63. The van der Waals surface area contributed by atoms with Crippen LogP contribution >= 0.6 is 0 Å². The zero-order chi connectivity index (χ0) is 14.3.